The van der Waals surface area contributed by atoms with Crippen LogP contribution in [0.15, 0.2) is 0 Å². The van der Waals surface area contributed by atoms with Crippen LogP contribution >= 0.6 is 0 Å². The fourth-order valence-electron chi connectivity index (χ4n) is 16.0. The van der Waals surface area contributed by atoms with Gasteiger partial charge in [0.25, 0.3) is 0 Å². The molecule has 0 aromatic heterocycles. The van der Waals surface area contributed by atoms with Gasteiger partial charge >= 0.3 is 0 Å². The van der Waals surface area contributed by atoms with Crippen molar-refractivity contribution in [3.8, 4) is 0 Å². The molecule has 2 amide bonds. The number of β-amino-alcohol motifs (C(OH)–C–C–N with tert-alkyl or cyclic N) is 1. The molecular weight excluding hydrogens is 1210 g/mol. The van der Waals surface area contributed by atoms with Gasteiger partial charge in [0.1, 0.15) is 12.1 Å². The van der Waals surface area contributed by atoms with Gasteiger partial charge in [-0.25, -0.2) is 0 Å². The number of nitrogens with one attached hydrogen (secondary N) is 1. The number of hydrogen-bond donors (Lipinski definition) is 4. The zero-order chi connectivity index (χ0) is 71.3. The maximum absolute atomic E-state index is 14.8. The highest BCUT2D eigenvalue weighted by Crippen LogP contribution is 2.25. The molecule has 584 valence electrons. The number of nitrogens with zero attached hydrogens (tertiary/aromatic N) is 3. The Morgan fingerprint density at radius 3 is 0.847 bits per heavy atom. The molecule has 0 saturated carbocycles. The largest absolute Gasteiger partial charge is 0.392 e. The Bertz CT molecular complexity index is 1570. The molecule has 9 heteroatoms. The van der Waals surface area contributed by atoms with E-state index in [0.717, 1.165) is 90.4 Å². The highest BCUT2D eigenvalue weighted by molar-refractivity contribution is 5.97. The van der Waals surface area contributed by atoms with Gasteiger partial charge in [0.15, 0.2) is 0 Å². The summed E-state index contributed by atoms with van der Waals surface area (Å²) in [5, 5.41) is 37.9. The zero-order valence-electron chi connectivity index (χ0n) is 67.7. The van der Waals surface area contributed by atoms with E-state index in [1.807, 2.05) is 0 Å². The minimum atomic E-state index is -0.654. The number of carbonyl (C=O) groups is 2. The first-order valence-corrected chi connectivity index (χ1v) is 45.1. The number of aliphatic hydroxyl groups is 3. The van der Waals surface area contributed by atoms with E-state index >= 15 is 0 Å². The Morgan fingerprint density at radius 2 is 0.551 bits per heavy atom. The molecule has 0 bridgehead atoms. The van der Waals surface area contributed by atoms with Crippen molar-refractivity contribution in [1.82, 2.24) is 20.0 Å². The molecule has 0 radical (unpaired) electrons. The van der Waals surface area contributed by atoms with Crippen LogP contribution in [0, 0.1) is 11.8 Å². The van der Waals surface area contributed by atoms with Crippen molar-refractivity contribution >= 4 is 11.8 Å². The molecule has 1 fully saturated rings. The van der Waals surface area contributed by atoms with E-state index in [1.54, 1.807) is 4.90 Å². The zero-order valence-corrected chi connectivity index (χ0v) is 67.7. The first-order valence-electron chi connectivity index (χ1n) is 45.1. The van der Waals surface area contributed by atoms with Gasteiger partial charge < -0.3 is 30.4 Å². The number of rotatable bonds is 80. The van der Waals surface area contributed by atoms with Crippen LogP contribution in [0.4, 0.5) is 0 Å². The highest BCUT2D eigenvalue weighted by atomic mass is 16.3. The van der Waals surface area contributed by atoms with E-state index in [-0.39, 0.29) is 18.4 Å². The van der Waals surface area contributed by atoms with Gasteiger partial charge in [0.05, 0.1) is 18.3 Å². The molecule has 0 aromatic rings. The van der Waals surface area contributed by atoms with Crippen LogP contribution in [0.25, 0.3) is 0 Å². The summed E-state index contributed by atoms with van der Waals surface area (Å²) in [5.74, 6) is 1.26. The lowest BCUT2D eigenvalue weighted by Gasteiger charge is -2.40. The molecule has 1 aliphatic heterocycles. The van der Waals surface area contributed by atoms with Crippen molar-refractivity contribution < 1.29 is 24.9 Å². The summed E-state index contributed by atoms with van der Waals surface area (Å²) in [5.41, 5.74) is 0. The van der Waals surface area contributed by atoms with E-state index in [1.165, 1.54) is 340 Å². The predicted molar refractivity (Wildman–Crippen MR) is 430 cm³/mol. The average molecular weight is 1380 g/mol. The molecule has 1 saturated heterocycles. The summed E-state index contributed by atoms with van der Waals surface area (Å²) in [6, 6.07) is -1.16. The third kappa shape index (κ3) is 60.1. The Balaban J connectivity index is 3.08. The Kier molecular flexibility index (Phi) is 70.3. The van der Waals surface area contributed by atoms with Gasteiger partial charge in [-0.3, -0.25) is 14.5 Å². The second kappa shape index (κ2) is 72.7. The van der Waals surface area contributed by atoms with E-state index in [2.05, 4.69) is 63.6 Å². The summed E-state index contributed by atoms with van der Waals surface area (Å²) in [6.07, 6.45) is 80.7. The maximum Gasteiger partial charge on any atom is 0.245 e. The van der Waals surface area contributed by atoms with Gasteiger partial charge in [0.2, 0.25) is 11.8 Å². The van der Waals surface area contributed by atoms with Crippen LogP contribution in [-0.4, -0.2) is 118 Å². The minimum absolute atomic E-state index is 0.0108. The fourth-order valence-corrected chi connectivity index (χ4v) is 16.0. The van der Waals surface area contributed by atoms with Gasteiger partial charge in [-0.2, -0.15) is 0 Å². The van der Waals surface area contributed by atoms with Gasteiger partial charge in [-0.05, 0) is 95.6 Å². The molecule has 1 heterocycles. The van der Waals surface area contributed by atoms with Crippen LogP contribution in [-0.2, 0) is 9.59 Å². The van der Waals surface area contributed by atoms with Crippen molar-refractivity contribution in [2.45, 2.75) is 503 Å². The molecule has 0 aromatic carbocycles. The Morgan fingerprint density at radius 1 is 0.306 bits per heavy atom. The number of hydrogen-bond acceptors (Lipinski definition) is 7. The Labute approximate surface area is 613 Å². The van der Waals surface area contributed by atoms with Crippen molar-refractivity contribution in [1.29, 1.82) is 0 Å². The molecule has 9 nitrogen and oxygen atoms in total. The number of carbonyl (C=O) groups excluding carboxylic acids is 2. The molecule has 98 heavy (non-hydrogen) atoms. The molecule has 4 N–H and O–H groups in total. The Hall–Kier alpha value is -1.26. The molecule has 1 rings (SSSR count). The van der Waals surface area contributed by atoms with Crippen LogP contribution in [0.3, 0.4) is 0 Å². The third-order valence-electron chi connectivity index (χ3n) is 22.5. The van der Waals surface area contributed by atoms with Crippen molar-refractivity contribution in [2.24, 2.45) is 11.8 Å². The van der Waals surface area contributed by atoms with Gasteiger partial charge in [0, 0.05) is 32.7 Å². The van der Waals surface area contributed by atoms with Crippen molar-refractivity contribution in [2.75, 3.05) is 45.8 Å². The first-order chi connectivity index (χ1) is 48.0. The molecule has 0 spiro atoms. The number of unbranched alkanes of at least 4 members (excludes halogenated alkanes) is 52. The monoisotopic (exact) mass is 1380 g/mol. The summed E-state index contributed by atoms with van der Waals surface area (Å²) in [6.45, 7) is 21.8. The quantitative estimate of drug-likeness (QED) is 0.0448. The lowest BCUT2D eigenvalue weighted by Crippen LogP contribution is -2.64. The molecule has 7 unspecified atom stereocenters. The van der Waals surface area contributed by atoms with Gasteiger partial charge in [-0.15, -0.1) is 0 Å². The van der Waals surface area contributed by atoms with Gasteiger partial charge in [-0.1, -0.05) is 402 Å². The SMILES string of the molecule is CCCCCCCCCCCCCC(C)CN(CCCCC1NC(=O)C(CCCCN(CC(O)CCCCCCCCCCCCC)CC(O)CCCCCCCCCCCCC)N(CC(O)CCCCCCCCCCCCC)C1=O)CC(C)CCCCCCCCCCCCC. The molecule has 1 aliphatic rings. The smallest absolute Gasteiger partial charge is 0.245 e. The summed E-state index contributed by atoms with van der Waals surface area (Å²) in [4.78, 5) is 36.2. The summed E-state index contributed by atoms with van der Waals surface area (Å²) in [7, 11) is 0. The lowest BCUT2D eigenvalue weighted by molar-refractivity contribution is -0.151. The lowest BCUT2D eigenvalue weighted by atomic mass is 9.96. The van der Waals surface area contributed by atoms with E-state index in [0.29, 0.717) is 44.2 Å². The van der Waals surface area contributed by atoms with Crippen molar-refractivity contribution in [3.05, 3.63) is 0 Å². The van der Waals surface area contributed by atoms with Crippen LogP contribution in [0.2, 0.25) is 0 Å². The highest BCUT2D eigenvalue weighted by Gasteiger charge is 2.40. The molecular formula is C89H178N4O5. The second-order valence-electron chi connectivity index (χ2n) is 32.9. The topological polar surface area (TPSA) is 117 Å². The normalized spacial score (nSPS) is 16.1. The van der Waals surface area contributed by atoms with Crippen LogP contribution in [0.5, 0.6) is 0 Å². The average Bonchev–Trinajstić information content (AvgIpc) is 0.807. The van der Waals surface area contributed by atoms with Crippen molar-refractivity contribution in [3.63, 3.8) is 0 Å². The molecule has 7 atom stereocenters. The number of aliphatic hydroxyl groups excluding tert-OH is 3. The van der Waals surface area contributed by atoms with E-state index in [9.17, 15) is 24.9 Å². The van der Waals surface area contributed by atoms with E-state index < -0.39 is 30.4 Å². The third-order valence-corrected chi connectivity index (χ3v) is 22.5. The molecule has 0 aliphatic carbocycles. The van der Waals surface area contributed by atoms with Crippen LogP contribution < -0.4 is 5.32 Å². The standard InChI is InChI=1S/C89H178N4O5/c1-8-13-18-23-28-33-38-43-48-53-58-67-81(6)76-91(77-82(7)68-59-54-49-44-39-34-29-24-19-14-9-2)74-65-63-72-86-89(98)93(80-85(96)71-62-57-52-47-42-37-32-27-22-17-12-5)87(88(97)90-86)73-64-66-75-92(78-83(94)69-60-55-50-45-40-35-30-25-20-15-10-3)79-84(95)70-61-56-51-46-41-36-31-26-21-16-11-4/h81-87,94-96H,8-80H2,1-7H3,(H,90,97). The minimum Gasteiger partial charge on any atom is -0.392 e. The first kappa shape index (κ1) is 94.8. The number of piperazine rings is 1. The number of amides is 2. The predicted octanol–water partition coefficient (Wildman–Crippen LogP) is 25.5. The fraction of sp³-hybridized carbons (Fsp3) is 0.978. The summed E-state index contributed by atoms with van der Waals surface area (Å²) >= 11 is 0. The van der Waals surface area contributed by atoms with E-state index in [4.69, 9.17) is 0 Å². The maximum atomic E-state index is 14.8. The van der Waals surface area contributed by atoms with Crippen LogP contribution in [0.1, 0.15) is 472 Å². The summed E-state index contributed by atoms with van der Waals surface area (Å²) < 4.78 is 0. The second-order valence-corrected chi connectivity index (χ2v) is 32.9.